The van der Waals surface area contributed by atoms with Gasteiger partial charge in [0.25, 0.3) is 5.56 Å². The molecule has 1 aromatic carbocycles. The normalized spacial score (nSPS) is 16.1. The molecule has 3 aromatic rings. The number of aromatic nitrogens is 2. The van der Waals surface area contributed by atoms with E-state index in [0.29, 0.717) is 30.5 Å². The lowest BCUT2D eigenvalue weighted by atomic mass is 9.93. The van der Waals surface area contributed by atoms with Gasteiger partial charge >= 0.3 is 0 Å². The van der Waals surface area contributed by atoms with Gasteiger partial charge in [-0.1, -0.05) is 0 Å². The minimum Gasteiger partial charge on any atom is -0.379 e. The number of halogens is 3. The van der Waals surface area contributed by atoms with Crippen LogP contribution in [0, 0.1) is 17.5 Å². The molecule has 1 aliphatic carbocycles. The van der Waals surface area contributed by atoms with E-state index in [1.807, 2.05) is 13.8 Å². The molecule has 32 heavy (non-hydrogen) atoms. The average Bonchev–Trinajstić information content (AvgIpc) is 3.13. The smallest absolute Gasteiger partial charge is 0.262 e. The maximum atomic E-state index is 13.4. The molecule has 4 rings (SSSR count). The Morgan fingerprint density at radius 2 is 2.03 bits per heavy atom. The molecule has 5 nitrogen and oxygen atoms in total. The second kappa shape index (κ2) is 9.72. The van der Waals surface area contributed by atoms with Crippen molar-refractivity contribution in [2.24, 2.45) is 0 Å². The number of aryl methyl sites for hydroxylation is 2. The summed E-state index contributed by atoms with van der Waals surface area (Å²) in [4.78, 5) is 19.4. The Bertz CT molecular complexity index is 1150. The number of thiophene rings is 1. The molecule has 0 saturated carbocycles. The van der Waals surface area contributed by atoms with Gasteiger partial charge in [0.05, 0.1) is 17.8 Å². The van der Waals surface area contributed by atoms with Gasteiger partial charge in [0, 0.05) is 30.6 Å². The molecule has 2 aromatic heterocycles. The van der Waals surface area contributed by atoms with Crippen molar-refractivity contribution < 1.29 is 17.9 Å². The van der Waals surface area contributed by atoms with Crippen LogP contribution in [0.4, 0.5) is 13.2 Å². The molecule has 0 spiro atoms. The van der Waals surface area contributed by atoms with Crippen LogP contribution in [0.2, 0.25) is 0 Å². The molecule has 0 saturated heterocycles. The zero-order chi connectivity index (χ0) is 22.8. The Balaban J connectivity index is 1.44. The van der Waals surface area contributed by atoms with Crippen LogP contribution < -0.4 is 10.9 Å². The molecule has 172 valence electrons. The summed E-state index contributed by atoms with van der Waals surface area (Å²) in [7, 11) is 0. The van der Waals surface area contributed by atoms with Gasteiger partial charge in [-0.15, -0.1) is 11.3 Å². The van der Waals surface area contributed by atoms with E-state index in [2.05, 4.69) is 10.3 Å². The molecule has 1 aliphatic rings. The largest absolute Gasteiger partial charge is 0.379 e. The van der Waals surface area contributed by atoms with Crippen molar-refractivity contribution in [3.63, 3.8) is 0 Å². The summed E-state index contributed by atoms with van der Waals surface area (Å²) in [5.41, 5.74) is 1.41. The van der Waals surface area contributed by atoms with Gasteiger partial charge in [-0.2, -0.15) is 0 Å². The Morgan fingerprint density at radius 1 is 1.28 bits per heavy atom. The van der Waals surface area contributed by atoms with Gasteiger partial charge in [0.2, 0.25) is 0 Å². The maximum Gasteiger partial charge on any atom is 0.262 e. The molecule has 0 unspecified atom stereocenters. The van der Waals surface area contributed by atoms with Crippen LogP contribution >= 0.6 is 11.3 Å². The van der Waals surface area contributed by atoms with Gasteiger partial charge in [0.1, 0.15) is 4.83 Å². The van der Waals surface area contributed by atoms with Crippen LogP contribution in [0.15, 0.2) is 23.3 Å². The second-order valence-corrected chi connectivity index (χ2v) is 9.48. The highest BCUT2D eigenvalue weighted by atomic mass is 32.1. The lowest BCUT2D eigenvalue weighted by Gasteiger charge is -2.23. The average molecular weight is 466 g/mol. The Labute approximate surface area is 188 Å². The molecule has 0 fully saturated rings. The third kappa shape index (κ3) is 4.89. The summed E-state index contributed by atoms with van der Waals surface area (Å²) in [5.74, 6) is -3.82. The SMILES string of the molecule is CC(C)OCCCn1cnc2sc3c(c2c1=O)CC[C@H](NCc1cc(F)c(F)c(F)c1)C3. The van der Waals surface area contributed by atoms with Gasteiger partial charge in [-0.25, -0.2) is 18.2 Å². The first kappa shape index (κ1) is 22.9. The van der Waals surface area contributed by atoms with E-state index in [-0.39, 0.29) is 24.2 Å². The van der Waals surface area contributed by atoms with Crippen molar-refractivity contribution in [2.45, 2.75) is 64.8 Å². The summed E-state index contributed by atoms with van der Waals surface area (Å²) < 4.78 is 47.2. The van der Waals surface area contributed by atoms with Crippen LogP contribution in [-0.2, 0) is 30.7 Å². The summed E-state index contributed by atoms with van der Waals surface area (Å²) >= 11 is 1.53. The first-order valence-corrected chi connectivity index (χ1v) is 11.6. The standard InChI is InChI=1S/C23H26F3N3O2S/c1-13(2)31-7-3-6-29-12-28-22-20(23(29)30)16-5-4-15(10-19(16)32-22)27-11-14-8-17(24)21(26)18(25)9-14/h8-9,12-13,15,27H,3-7,10-11H2,1-2H3/t15-/m0/s1. The zero-order valence-electron chi connectivity index (χ0n) is 18.1. The molecular formula is C23H26F3N3O2S. The molecular weight excluding hydrogens is 439 g/mol. The Morgan fingerprint density at radius 3 is 2.75 bits per heavy atom. The van der Waals surface area contributed by atoms with Crippen molar-refractivity contribution in [3.8, 4) is 0 Å². The fourth-order valence-corrected chi connectivity index (χ4v) is 5.32. The lowest BCUT2D eigenvalue weighted by Crippen LogP contribution is -2.34. The monoisotopic (exact) mass is 465 g/mol. The van der Waals surface area contributed by atoms with Crippen LogP contribution in [0.25, 0.3) is 10.2 Å². The van der Waals surface area contributed by atoms with Crippen molar-refractivity contribution in [2.75, 3.05) is 6.61 Å². The van der Waals surface area contributed by atoms with Crippen LogP contribution in [0.3, 0.4) is 0 Å². The second-order valence-electron chi connectivity index (χ2n) is 8.39. The van der Waals surface area contributed by atoms with E-state index in [1.54, 1.807) is 10.9 Å². The highest BCUT2D eigenvalue weighted by Crippen LogP contribution is 2.33. The van der Waals surface area contributed by atoms with E-state index in [1.165, 1.54) is 11.3 Å². The molecule has 1 N–H and O–H groups in total. The van der Waals surface area contributed by atoms with Crippen molar-refractivity contribution in [1.82, 2.24) is 14.9 Å². The van der Waals surface area contributed by atoms with E-state index in [9.17, 15) is 18.0 Å². The number of hydrogen-bond donors (Lipinski definition) is 1. The van der Waals surface area contributed by atoms with Crippen LogP contribution in [0.1, 0.15) is 42.7 Å². The topological polar surface area (TPSA) is 56.2 Å². The highest BCUT2D eigenvalue weighted by molar-refractivity contribution is 7.18. The summed E-state index contributed by atoms with van der Waals surface area (Å²) in [5, 5.41) is 4.01. The van der Waals surface area contributed by atoms with Crippen LogP contribution in [-0.4, -0.2) is 28.3 Å². The fraction of sp³-hybridized carbons (Fsp3) is 0.478. The van der Waals surface area contributed by atoms with Crippen molar-refractivity contribution in [1.29, 1.82) is 0 Å². The minimum atomic E-state index is -1.45. The molecule has 9 heteroatoms. The van der Waals surface area contributed by atoms with E-state index in [4.69, 9.17) is 4.74 Å². The molecule has 0 radical (unpaired) electrons. The van der Waals surface area contributed by atoms with Gasteiger partial charge in [-0.3, -0.25) is 9.36 Å². The van der Waals surface area contributed by atoms with Crippen molar-refractivity contribution >= 4 is 21.6 Å². The zero-order valence-corrected chi connectivity index (χ0v) is 18.9. The number of rotatable bonds is 8. The molecule has 1 atom stereocenters. The molecule has 0 bridgehead atoms. The maximum absolute atomic E-state index is 13.4. The molecule has 0 aliphatic heterocycles. The number of hydrogen-bond acceptors (Lipinski definition) is 5. The van der Waals surface area contributed by atoms with Crippen LogP contribution in [0.5, 0.6) is 0 Å². The fourth-order valence-electron chi connectivity index (χ4n) is 4.06. The molecule has 2 heterocycles. The predicted octanol–water partition coefficient (Wildman–Crippen LogP) is 4.34. The number of benzene rings is 1. The predicted molar refractivity (Wildman–Crippen MR) is 119 cm³/mol. The number of ether oxygens (including phenoxy) is 1. The quantitative estimate of drug-likeness (QED) is 0.397. The summed E-state index contributed by atoms with van der Waals surface area (Å²) in [6.07, 6.45) is 4.75. The summed E-state index contributed by atoms with van der Waals surface area (Å²) in [6.45, 7) is 5.36. The third-order valence-electron chi connectivity index (χ3n) is 5.67. The Kier molecular flexibility index (Phi) is 6.97. The van der Waals surface area contributed by atoms with Gasteiger partial charge < -0.3 is 10.1 Å². The number of fused-ring (bicyclic) bond motifs is 3. The van der Waals surface area contributed by atoms with E-state index >= 15 is 0 Å². The lowest BCUT2D eigenvalue weighted by molar-refractivity contribution is 0.0747. The van der Waals surface area contributed by atoms with E-state index < -0.39 is 17.5 Å². The van der Waals surface area contributed by atoms with Gasteiger partial charge in [-0.05, 0) is 62.8 Å². The van der Waals surface area contributed by atoms with Crippen molar-refractivity contribution in [3.05, 3.63) is 62.3 Å². The van der Waals surface area contributed by atoms with E-state index in [0.717, 1.165) is 46.7 Å². The first-order chi connectivity index (χ1) is 15.3. The minimum absolute atomic E-state index is 0.0132. The molecule has 0 amide bonds. The third-order valence-corrected chi connectivity index (χ3v) is 6.83. The highest BCUT2D eigenvalue weighted by Gasteiger charge is 2.25. The summed E-state index contributed by atoms with van der Waals surface area (Å²) in [6, 6.07) is 2.12. The van der Waals surface area contributed by atoms with Gasteiger partial charge in [0.15, 0.2) is 17.5 Å². The Hall–Kier alpha value is -2.23. The first-order valence-electron chi connectivity index (χ1n) is 10.8. The number of nitrogens with zero attached hydrogens (tertiary/aromatic N) is 2. The number of nitrogens with one attached hydrogen (secondary N) is 1.